The number of rotatable bonds is 4. The number of fused-ring (bicyclic) bond motifs is 1. The van der Waals surface area contributed by atoms with E-state index in [9.17, 15) is 13.2 Å². The largest absolute Gasteiger partial charge is 0.405 e. The number of benzene rings is 1. The minimum atomic E-state index is -4.24. The van der Waals surface area contributed by atoms with E-state index in [1.807, 2.05) is 6.92 Å². The third-order valence-electron chi connectivity index (χ3n) is 3.03. The molecule has 0 unspecified atom stereocenters. The summed E-state index contributed by atoms with van der Waals surface area (Å²) in [5.74, 6) is 0. The van der Waals surface area contributed by atoms with Crippen molar-refractivity contribution in [2.45, 2.75) is 19.5 Å². The molecule has 0 saturated carbocycles. The van der Waals surface area contributed by atoms with Crippen molar-refractivity contribution in [3.63, 3.8) is 0 Å². The highest BCUT2D eigenvalue weighted by Crippen LogP contribution is 2.32. The van der Waals surface area contributed by atoms with Crippen LogP contribution in [0.1, 0.15) is 13.3 Å². The second-order valence-corrected chi connectivity index (χ2v) is 4.63. The maximum atomic E-state index is 12.7. The first kappa shape index (κ1) is 14.4. The van der Waals surface area contributed by atoms with Gasteiger partial charge in [-0.15, -0.1) is 0 Å². The Morgan fingerprint density at radius 2 is 1.95 bits per heavy atom. The van der Waals surface area contributed by atoms with E-state index in [0.29, 0.717) is 35.1 Å². The van der Waals surface area contributed by atoms with Gasteiger partial charge >= 0.3 is 6.18 Å². The van der Waals surface area contributed by atoms with Crippen LogP contribution < -0.4 is 10.6 Å². The second-order valence-electron chi connectivity index (χ2n) is 4.63. The highest BCUT2D eigenvalue weighted by molar-refractivity contribution is 6.00. The highest BCUT2D eigenvalue weighted by Gasteiger charge is 2.31. The van der Waals surface area contributed by atoms with E-state index in [-0.39, 0.29) is 0 Å². The van der Waals surface area contributed by atoms with Gasteiger partial charge < -0.3 is 10.6 Å². The van der Waals surface area contributed by atoms with E-state index in [1.165, 1.54) is 4.90 Å². The van der Waals surface area contributed by atoms with Crippen molar-refractivity contribution < 1.29 is 13.2 Å². The number of pyridine rings is 1. The zero-order valence-corrected chi connectivity index (χ0v) is 11.1. The molecule has 3 nitrogen and oxygen atoms in total. The Kier molecular flexibility index (Phi) is 4.01. The Morgan fingerprint density at radius 3 is 2.60 bits per heavy atom. The molecule has 0 atom stereocenters. The molecule has 0 aliphatic heterocycles. The van der Waals surface area contributed by atoms with Gasteiger partial charge in [0.05, 0.1) is 0 Å². The molecule has 108 valence electrons. The second kappa shape index (κ2) is 5.56. The standard InChI is InChI=1S/C14H16F3N3/c1-2-7-20(9-14(15,16)17)13-4-3-12(18)11-8-19-6-5-10(11)13/h3-6,8H,2,7,9,18H2,1H3. The fourth-order valence-corrected chi connectivity index (χ4v) is 2.24. The van der Waals surface area contributed by atoms with Gasteiger partial charge in [-0.3, -0.25) is 4.98 Å². The number of nitrogen functional groups attached to an aromatic ring is 1. The maximum absolute atomic E-state index is 12.7. The Bertz CT molecular complexity index is 596. The Labute approximate surface area is 115 Å². The predicted octanol–water partition coefficient (Wildman–Crippen LogP) is 3.60. The van der Waals surface area contributed by atoms with Crippen molar-refractivity contribution in [1.29, 1.82) is 0 Å². The summed E-state index contributed by atoms with van der Waals surface area (Å²) < 4.78 is 38.1. The molecular formula is C14H16F3N3. The molecule has 20 heavy (non-hydrogen) atoms. The summed E-state index contributed by atoms with van der Waals surface area (Å²) in [6.07, 6.45) is -0.474. The van der Waals surface area contributed by atoms with Gasteiger partial charge in [0.1, 0.15) is 6.54 Å². The van der Waals surface area contributed by atoms with Gasteiger partial charge in [0, 0.05) is 41.1 Å². The molecule has 0 aliphatic carbocycles. The lowest BCUT2D eigenvalue weighted by atomic mass is 10.1. The number of hydrogen-bond acceptors (Lipinski definition) is 3. The summed E-state index contributed by atoms with van der Waals surface area (Å²) in [5, 5.41) is 1.37. The van der Waals surface area contributed by atoms with Crippen LogP contribution in [-0.4, -0.2) is 24.2 Å². The number of anilines is 2. The third-order valence-corrected chi connectivity index (χ3v) is 3.03. The number of nitrogens with zero attached hydrogens (tertiary/aromatic N) is 2. The van der Waals surface area contributed by atoms with Gasteiger partial charge in [0.25, 0.3) is 0 Å². The number of hydrogen-bond donors (Lipinski definition) is 1. The topological polar surface area (TPSA) is 42.1 Å². The number of alkyl halides is 3. The van der Waals surface area contributed by atoms with Crippen LogP contribution in [0.5, 0.6) is 0 Å². The van der Waals surface area contributed by atoms with Crippen LogP contribution in [0.15, 0.2) is 30.6 Å². The average Bonchev–Trinajstić information content (AvgIpc) is 2.37. The van der Waals surface area contributed by atoms with Gasteiger partial charge in [0.2, 0.25) is 0 Å². The quantitative estimate of drug-likeness (QED) is 0.872. The lowest BCUT2D eigenvalue weighted by molar-refractivity contribution is -0.119. The molecule has 6 heteroatoms. The van der Waals surface area contributed by atoms with Crippen LogP contribution in [0.4, 0.5) is 24.5 Å². The third kappa shape index (κ3) is 3.12. The molecule has 1 aromatic heterocycles. The highest BCUT2D eigenvalue weighted by atomic mass is 19.4. The van der Waals surface area contributed by atoms with E-state index < -0.39 is 12.7 Å². The lowest BCUT2D eigenvalue weighted by Crippen LogP contribution is -2.35. The van der Waals surface area contributed by atoms with Crippen LogP contribution in [-0.2, 0) is 0 Å². The number of nitrogens with two attached hydrogens (primary N) is 1. The summed E-state index contributed by atoms with van der Waals surface area (Å²) in [6.45, 7) is 1.22. The summed E-state index contributed by atoms with van der Waals surface area (Å²) in [4.78, 5) is 5.31. The summed E-state index contributed by atoms with van der Waals surface area (Å²) in [5.41, 5.74) is 6.90. The van der Waals surface area contributed by atoms with Crippen LogP contribution in [0.25, 0.3) is 10.8 Å². The van der Waals surface area contributed by atoms with Gasteiger partial charge in [-0.2, -0.15) is 13.2 Å². The molecule has 2 N–H and O–H groups in total. The summed E-state index contributed by atoms with van der Waals surface area (Å²) in [7, 11) is 0. The smallest absolute Gasteiger partial charge is 0.398 e. The molecule has 0 spiro atoms. The molecule has 2 aromatic rings. The Hall–Kier alpha value is -1.98. The minimum Gasteiger partial charge on any atom is -0.398 e. The molecule has 0 saturated heterocycles. The molecule has 0 amide bonds. The van der Waals surface area contributed by atoms with Crippen molar-refractivity contribution in [2.75, 3.05) is 23.7 Å². The first-order valence-electron chi connectivity index (χ1n) is 6.36. The van der Waals surface area contributed by atoms with Gasteiger partial charge in [-0.1, -0.05) is 6.92 Å². The van der Waals surface area contributed by atoms with E-state index in [1.54, 1.807) is 30.6 Å². The first-order chi connectivity index (χ1) is 9.42. The Morgan fingerprint density at radius 1 is 1.20 bits per heavy atom. The molecule has 0 bridgehead atoms. The predicted molar refractivity (Wildman–Crippen MR) is 74.7 cm³/mol. The SMILES string of the molecule is CCCN(CC(F)(F)F)c1ccc(N)c2cnccc12. The van der Waals surface area contributed by atoms with E-state index in [4.69, 9.17) is 5.73 Å². The van der Waals surface area contributed by atoms with Crippen molar-refractivity contribution in [1.82, 2.24) is 4.98 Å². The average molecular weight is 283 g/mol. The molecule has 0 aliphatic rings. The van der Waals surface area contributed by atoms with Crippen molar-refractivity contribution in [3.8, 4) is 0 Å². The maximum Gasteiger partial charge on any atom is 0.405 e. The first-order valence-corrected chi connectivity index (χ1v) is 6.36. The monoisotopic (exact) mass is 283 g/mol. The molecule has 0 radical (unpaired) electrons. The van der Waals surface area contributed by atoms with Gasteiger partial charge in [0.15, 0.2) is 0 Å². The van der Waals surface area contributed by atoms with E-state index >= 15 is 0 Å². The lowest BCUT2D eigenvalue weighted by Gasteiger charge is -2.27. The van der Waals surface area contributed by atoms with E-state index in [2.05, 4.69) is 4.98 Å². The van der Waals surface area contributed by atoms with Crippen molar-refractivity contribution in [3.05, 3.63) is 30.6 Å². The van der Waals surface area contributed by atoms with Crippen molar-refractivity contribution >= 4 is 22.1 Å². The molecule has 1 aromatic carbocycles. The van der Waals surface area contributed by atoms with Crippen LogP contribution in [0, 0.1) is 0 Å². The van der Waals surface area contributed by atoms with Gasteiger partial charge in [-0.25, -0.2) is 0 Å². The zero-order chi connectivity index (χ0) is 14.8. The molecule has 2 rings (SSSR count). The normalized spacial score (nSPS) is 11.8. The number of aromatic nitrogens is 1. The van der Waals surface area contributed by atoms with Crippen LogP contribution >= 0.6 is 0 Å². The zero-order valence-electron chi connectivity index (χ0n) is 11.1. The fraction of sp³-hybridized carbons (Fsp3) is 0.357. The number of halogens is 3. The van der Waals surface area contributed by atoms with E-state index in [0.717, 1.165) is 0 Å². The minimum absolute atomic E-state index is 0.334. The molecule has 1 heterocycles. The molecule has 0 fully saturated rings. The Balaban J connectivity index is 2.51. The van der Waals surface area contributed by atoms with Gasteiger partial charge in [-0.05, 0) is 24.6 Å². The van der Waals surface area contributed by atoms with Crippen LogP contribution in [0.2, 0.25) is 0 Å². The summed E-state index contributed by atoms with van der Waals surface area (Å²) in [6, 6.07) is 4.96. The van der Waals surface area contributed by atoms with Crippen molar-refractivity contribution in [2.24, 2.45) is 0 Å². The van der Waals surface area contributed by atoms with Crippen LogP contribution in [0.3, 0.4) is 0 Å². The summed E-state index contributed by atoms with van der Waals surface area (Å²) >= 11 is 0. The fourth-order valence-electron chi connectivity index (χ4n) is 2.24. The molecular weight excluding hydrogens is 267 g/mol.